The van der Waals surface area contributed by atoms with E-state index in [4.69, 9.17) is 4.74 Å². The Labute approximate surface area is 200 Å². The maximum absolute atomic E-state index is 12.6. The molecule has 0 amide bonds. The third-order valence-electron chi connectivity index (χ3n) is 6.18. The first-order chi connectivity index (χ1) is 16.2. The highest BCUT2D eigenvalue weighted by Crippen LogP contribution is 2.22. The number of carbonyl (C=O) groups is 1. The fourth-order valence-electron chi connectivity index (χ4n) is 4.06. The van der Waals surface area contributed by atoms with E-state index in [0.29, 0.717) is 11.3 Å². The lowest BCUT2D eigenvalue weighted by Crippen LogP contribution is -2.08. The van der Waals surface area contributed by atoms with Crippen LogP contribution in [0.5, 0.6) is 5.75 Å². The molecule has 0 atom stereocenters. The zero-order valence-corrected chi connectivity index (χ0v) is 20.3. The monoisotopic (exact) mass is 442 g/mol. The molecule has 0 saturated heterocycles. The quantitative estimate of drug-likeness (QED) is 0.150. The lowest BCUT2D eigenvalue weighted by Gasteiger charge is -2.08. The van der Waals surface area contributed by atoms with Crippen LogP contribution in [0.2, 0.25) is 0 Å². The molecule has 3 aromatic carbocycles. The highest BCUT2D eigenvalue weighted by Gasteiger charge is 2.09. The number of aryl methyl sites for hydroxylation is 2. The zero-order chi connectivity index (χ0) is 23.3. The highest BCUT2D eigenvalue weighted by molar-refractivity contribution is 5.91. The first-order valence-corrected chi connectivity index (χ1v) is 12.7. The lowest BCUT2D eigenvalue weighted by molar-refractivity contribution is 0.0734. The molecule has 3 aromatic rings. The number of benzene rings is 3. The van der Waals surface area contributed by atoms with Gasteiger partial charge in [-0.15, -0.1) is 0 Å². The minimum Gasteiger partial charge on any atom is -0.423 e. The maximum atomic E-state index is 12.6. The Kier molecular flexibility index (Phi) is 10.2. The number of carbonyl (C=O) groups excluding carboxylic acids is 1. The van der Waals surface area contributed by atoms with E-state index in [1.807, 2.05) is 36.4 Å². The predicted octanol–water partition coefficient (Wildman–Crippen LogP) is 8.82. The molecule has 174 valence electrons. The smallest absolute Gasteiger partial charge is 0.343 e. The van der Waals surface area contributed by atoms with Crippen molar-refractivity contribution in [3.05, 3.63) is 89.5 Å². The lowest BCUT2D eigenvalue weighted by atomic mass is 10.0. The molecule has 0 spiro atoms. The summed E-state index contributed by atoms with van der Waals surface area (Å²) in [6.07, 6.45) is 12.4. The number of hydrogen-bond donors (Lipinski definition) is 0. The van der Waals surface area contributed by atoms with Gasteiger partial charge in [-0.2, -0.15) is 0 Å². The van der Waals surface area contributed by atoms with Crippen molar-refractivity contribution in [1.29, 1.82) is 0 Å². The third-order valence-corrected chi connectivity index (χ3v) is 6.18. The summed E-state index contributed by atoms with van der Waals surface area (Å²) in [6.45, 7) is 4.47. The van der Waals surface area contributed by atoms with Crippen LogP contribution in [0.3, 0.4) is 0 Å². The molecule has 0 N–H and O–H groups in total. The van der Waals surface area contributed by atoms with Crippen LogP contribution in [0.15, 0.2) is 72.8 Å². The first-order valence-electron chi connectivity index (χ1n) is 12.7. The molecule has 2 heteroatoms. The summed E-state index contributed by atoms with van der Waals surface area (Å²) in [4.78, 5) is 12.6. The Balaban J connectivity index is 1.50. The molecule has 0 aliphatic carbocycles. The van der Waals surface area contributed by atoms with E-state index in [2.05, 4.69) is 50.2 Å². The largest absolute Gasteiger partial charge is 0.423 e. The molecule has 0 saturated carbocycles. The average Bonchev–Trinajstić information content (AvgIpc) is 2.85. The van der Waals surface area contributed by atoms with E-state index in [-0.39, 0.29) is 5.97 Å². The fourth-order valence-corrected chi connectivity index (χ4v) is 4.06. The summed E-state index contributed by atoms with van der Waals surface area (Å²) in [5.74, 6) is 0.276. The molecule has 0 bridgehead atoms. The highest BCUT2D eigenvalue weighted by atomic mass is 16.5. The molecule has 0 fully saturated rings. The van der Waals surface area contributed by atoms with Gasteiger partial charge in [-0.3, -0.25) is 0 Å². The summed E-state index contributed by atoms with van der Waals surface area (Å²) >= 11 is 0. The summed E-state index contributed by atoms with van der Waals surface area (Å²) in [5, 5.41) is 0. The molecular weight excluding hydrogens is 404 g/mol. The molecule has 0 radical (unpaired) electrons. The number of ether oxygens (including phenoxy) is 1. The Morgan fingerprint density at radius 3 is 1.61 bits per heavy atom. The average molecular weight is 443 g/mol. The van der Waals surface area contributed by atoms with E-state index >= 15 is 0 Å². The first kappa shape index (κ1) is 24.8. The van der Waals surface area contributed by atoms with Crippen molar-refractivity contribution in [3.63, 3.8) is 0 Å². The summed E-state index contributed by atoms with van der Waals surface area (Å²) in [7, 11) is 0. The third kappa shape index (κ3) is 8.20. The minimum atomic E-state index is -0.319. The van der Waals surface area contributed by atoms with E-state index in [0.717, 1.165) is 18.4 Å². The van der Waals surface area contributed by atoms with Crippen molar-refractivity contribution < 1.29 is 9.53 Å². The van der Waals surface area contributed by atoms with Gasteiger partial charge in [0.15, 0.2) is 0 Å². The van der Waals surface area contributed by atoms with Crippen LogP contribution in [0.1, 0.15) is 86.7 Å². The topological polar surface area (TPSA) is 26.3 Å². The van der Waals surface area contributed by atoms with E-state index in [1.165, 1.54) is 68.1 Å². The second-order valence-corrected chi connectivity index (χ2v) is 8.93. The molecule has 2 nitrogen and oxygen atoms in total. The van der Waals surface area contributed by atoms with Crippen LogP contribution in [-0.4, -0.2) is 5.97 Å². The van der Waals surface area contributed by atoms with Crippen molar-refractivity contribution in [2.24, 2.45) is 0 Å². The van der Waals surface area contributed by atoms with Crippen LogP contribution < -0.4 is 4.74 Å². The van der Waals surface area contributed by atoms with Gasteiger partial charge in [-0.05, 0) is 72.2 Å². The number of hydrogen-bond acceptors (Lipinski definition) is 2. The second kappa shape index (κ2) is 13.6. The molecule has 0 unspecified atom stereocenters. The molecule has 0 aliphatic heterocycles. The van der Waals surface area contributed by atoms with Gasteiger partial charge in [-0.1, -0.05) is 101 Å². The predicted molar refractivity (Wildman–Crippen MR) is 139 cm³/mol. The Morgan fingerprint density at radius 2 is 1.03 bits per heavy atom. The van der Waals surface area contributed by atoms with Crippen LogP contribution in [0.4, 0.5) is 0 Å². The van der Waals surface area contributed by atoms with Crippen molar-refractivity contribution in [2.45, 2.75) is 78.1 Å². The molecular formula is C31H38O2. The van der Waals surface area contributed by atoms with Crippen LogP contribution in [-0.2, 0) is 12.8 Å². The minimum absolute atomic E-state index is 0.319. The second-order valence-electron chi connectivity index (χ2n) is 8.93. The van der Waals surface area contributed by atoms with Gasteiger partial charge in [0, 0.05) is 0 Å². The summed E-state index contributed by atoms with van der Waals surface area (Å²) < 4.78 is 5.58. The number of rotatable bonds is 13. The van der Waals surface area contributed by atoms with E-state index in [9.17, 15) is 4.79 Å². The van der Waals surface area contributed by atoms with E-state index < -0.39 is 0 Å². The van der Waals surface area contributed by atoms with Gasteiger partial charge < -0.3 is 4.74 Å². The van der Waals surface area contributed by atoms with Crippen LogP contribution in [0.25, 0.3) is 11.1 Å². The molecule has 0 aromatic heterocycles. The normalized spacial score (nSPS) is 10.8. The van der Waals surface area contributed by atoms with Gasteiger partial charge in [0.05, 0.1) is 5.56 Å². The van der Waals surface area contributed by atoms with Crippen LogP contribution >= 0.6 is 0 Å². The number of unbranched alkanes of at least 4 members (excludes halogenated alkanes) is 6. The Hall–Kier alpha value is -2.87. The van der Waals surface area contributed by atoms with Gasteiger partial charge >= 0.3 is 5.97 Å². The van der Waals surface area contributed by atoms with Crippen molar-refractivity contribution in [3.8, 4) is 16.9 Å². The molecule has 3 rings (SSSR count). The Bertz CT molecular complexity index is 953. The Morgan fingerprint density at radius 1 is 0.576 bits per heavy atom. The molecule has 0 heterocycles. The van der Waals surface area contributed by atoms with Crippen molar-refractivity contribution in [2.75, 3.05) is 0 Å². The van der Waals surface area contributed by atoms with Gasteiger partial charge in [-0.25, -0.2) is 4.79 Å². The van der Waals surface area contributed by atoms with Gasteiger partial charge in [0.25, 0.3) is 0 Å². The molecule has 0 aliphatic rings. The standard InChI is InChI=1S/C31H38O2/c1-3-5-7-8-10-12-26-15-23-30(24-16-26)33-31(32)29-21-19-28(20-22-29)27-17-13-25(14-18-27)11-9-6-4-2/h13-24H,3-12H2,1-2H3. The number of esters is 1. The summed E-state index contributed by atoms with van der Waals surface area (Å²) in [5.41, 5.74) is 5.52. The maximum Gasteiger partial charge on any atom is 0.343 e. The van der Waals surface area contributed by atoms with Crippen molar-refractivity contribution in [1.82, 2.24) is 0 Å². The summed E-state index contributed by atoms with van der Waals surface area (Å²) in [6, 6.07) is 24.4. The molecule has 33 heavy (non-hydrogen) atoms. The van der Waals surface area contributed by atoms with Crippen LogP contribution in [0, 0.1) is 0 Å². The fraction of sp³-hybridized carbons (Fsp3) is 0.387. The SMILES string of the molecule is CCCCCCCc1ccc(OC(=O)c2ccc(-c3ccc(CCCCC)cc3)cc2)cc1. The van der Waals surface area contributed by atoms with E-state index in [1.54, 1.807) is 0 Å². The zero-order valence-electron chi connectivity index (χ0n) is 20.3. The van der Waals surface area contributed by atoms with Gasteiger partial charge in [0.2, 0.25) is 0 Å². The van der Waals surface area contributed by atoms with Gasteiger partial charge in [0.1, 0.15) is 5.75 Å². The van der Waals surface area contributed by atoms with Crippen molar-refractivity contribution >= 4 is 5.97 Å².